The number of aliphatic hydroxyl groups excluding tert-OH is 1. The Kier molecular flexibility index (Phi) is 3.97. The molecule has 2 aromatic rings. The molecule has 0 fully saturated rings. The van der Waals surface area contributed by atoms with Crippen LogP contribution in [0.1, 0.15) is 48.1 Å². The van der Waals surface area contributed by atoms with Gasteiger partial charge in [0, 0.05) is 5.41 Å². The van der Waals surface area contributed by atoms with Crippen molar-refractivity contribution in [2.75, 3.05) is 5.73 Å². The predicted octanol–water partition coefficient (Wildman–Crippen LogP) is 2.73. The van der Waals surface area contributed by atoms with Gasteiger partial charge >= 0.3 is 5.97 Å². The monoisotopic (exact) mass is 327 g/mol. The number of carboxylic acid groups (broad SMARTS) is 1. The molecule has 0 heterocycles. The highest BCUT2D eigenvalue weighted by molar-refractivity contribution is 5.70. The Bertz CT molecular complexity index is 802. The van der Waals surface area contributed by atoms with E-state index in [1.807, 2.05) is 31.2 Å². The maximum absolute atomic E-state index is 11.5. The van der Waals surface area contributed by atoms with E-state index in [0.717, 1.165) is 11.1 Å². The molecular weight excluding hydrogens is 306 g/mol. The first-order chi connectivity index (χ1) is 11.4. The molecule has 0 radical (unpaired) electrons. The number of carbonyl (C=O) groups is 1. The van der Waals surface area contributed by atoms with E-state index in [1.54, 1.807) is 6.07 Å². The van der Waals surface area contributed by atoms with Gasteiger partial charge in [0.1, 0.15) is 11.9 Å². The van der Waals surface area contributed by atoms with Crippen molar-refractivity contribution in [3.8, 4) is 5.75 Å². The van der Waals surface area contributed by atoms with Crippen LogP contribution in [-0.2, 0) is 16.6 Å². The van der Waals surface area contributed by atoms with Crippen LogP contribution in [0.5, 0.6) is 5.75 Å². The van der Waals surface area contributed by atoms with Crippen LogP contribution in [0, 0.1) is 0 Å². The average molecular weight is 327 g/mol. The van der Waals surface area contributed by atoms with E-state index in [9.17, 15) is 20.1 Å². The number of aliphatic hydroxyl groups is 1. The first kappa shape index (κ1) is 16.3. The zero-order valence-corrected chi connectivity index (χ0v) is 13.5. The number of hydrogen-bond donors (Lipinski definition) is 4. The van der Waals surface area contributed by atoms with Crippen molar-refractivity contribution in [2.24, 2.45) is 0 Å². The van der Waals surface area contributed by atoms with Crippen molar-refractivity contribution in [1.82, 2.24) is 0 Å². The van der Waals surface area contributed by atoms with Crippen molar-refractivity contribution < 1.29 is 20.1 Å². The summed E-state index contributed by atoms with van der Waals surface area (Å²) < 4.78 is 0. The van der Waals surface area contributed by atoms with Gasteiger partial charge in [-0.1, -0.05) is 31.2 Å². The smallest absolute Gasteiger partial charge is 0.304 e. The van der Waals surface area contributed by atoms with E-state index in [0.29, 0.717) is 24.0 Å². The molecule has 24 heavy (non-hydrogen) atoms. The van der Waals surface area contributed by atoms with Crippen LogP contribution < -0.4 is 5.73 Å². The largest absolute Gasteiger partial charge is 0.506 e. The Morgan fingerprint density at radius 3 is 2.67 bits per heavy atom. The number of aliphatic carboxylic acids is 1. The zero-order chi connectivity index (χ0) is 17.5. The quantitative estimate of drug-likeness (QED) is 0.512. The average Bonchev–Trinajstić information content (AvgIpc) is 2.64. The summed E-state index contributed by atoms with van der Waals surface area (Å²) in [4.78, 5) is 11.5. The molecule has 1 aliphatic rings. The Morgan fingerprint density at radius 1 is 1.29 bits per heavy atom. The molecule has 5 N–H and O–H groups in total. The fourth-order valence-electron chi connectivity index (χ4n) is 3.81. The summed E-state index contributed by atoms with van der Waals surface area (Å²) in [6.07, 6.45) is 0.102. The first-order valence-corrected chi connectivity index (χ1v) is 7.98. The molecule has 1 aliphatic carbocycles. The number of anilines is 1. The Balaban J connectivity index is 2.30. The molecule has 0 saturated heterocycles. The van der Waals surface area contributed by atoms with Crippen LogP contribution in [0.3, 0.4) is 0 Å². The Labute approximate surface area is 140 Å². The summed E-state index contributed by atoms with van der Waals surface area (Å²) in [6, 6.07) is 10.5. The van der Waals surface area contributed by atoms with Gasteiger partial charge < -0.3 is 21.1 Å². The van der Waals surface area contributed by atoms with Crippen LogP contribution in [0.4, 0.5) is 5.69 Å². The second-order valence-corrected chi connectivity index (χ2v) is 6.48. The molecule has 0 amide bonds. The minimum Gasteiger partial charge on any atom is -0.506 e. The SMILES string of the molecule is CC[C@@]1(CC(=O)O)Cc2cc(N)c(O)cc2C(O)c2ccccc21. The second kappa shape index (κ2) is 5.83. The molecule has 2 atom stereocenters. The highest BCUT2D eigenvalue weighted by atomic mass is 16.4. The Morgan fingerprint density at radius 2 is 2.00 bits per heavy atom. The van der Waals surface area contributed by atoms with Crippen molar-refractivity contribution >= 4 is 11.7 Å². The van der Waals surface area contributed by atoms with Crippen molar-refractivity contribution in [3.05, 3.63) is 58.7 Å². The highest BCUT2D eigenvalue weighted by Gasteiger charge is 2.40. The molecule has 5 heteroatoms. The van der Waals surface area contributed by atoms with Crippen LogP contribution >= 0.6 is 0 Å². The maximum atomic E-state index is 11.5. The lowest BCUT2D eigenvalue weighted by Gasteiger charge is -2.32. The van der Waals surface area contributed by atoms with Crippen LogP contribution in [0.25, 0.3) is 0 Å². The zero-order valence-electron chi connectivity index (χ0n) is 13.5. The molecule has 0 aromatic heterocycles. The lowest BCUT2D eigenvalue weighted by atomic mass is 9.70. The van der Waals surface area contributed by atoms with Gasteiger partial charge in [0.15, 0.2) is 0 Å². The second-order valence-electron chi connectivity index (χ2n) is 6.48. The number of aromatic hydroxyl groups is 1. The minimum atomic E-state index is -0.926. The van der Waals surface area contributed by atoms with E-state index in [-0.39, 0.29) is 17.9 Å². The summed E-state index contributed by atoms with van der Waals surface area (Å²) >= 11 is 0. The van der Waals surface area contributed by atoms with Crippen molar-refractivity contribution in [2.45, 2.75) is 37.7 Å². The lowest BCUT2D eigenvalue weighted by Crippen LogP contribution is -2.31. The van der Waals surface area contributed by atoms with Crippen molar-refractivity contribution in [1.29, 1.82) is 0 Å². The summed E-state index contributed by atoms with van der Waals surface area (Å²) in [6.45, 7) is 1.96. The van der Waals surface area contributed by atoms with Gasteiger partial charge in [0.2, 0.25) is 0 Å². The number of rotatable bonds is 3. The maximum Gasteiger partial charge on any atom is 0.304 e. The van der Waals surface area contributed by atoms with Crippen molar-refractivity contribution in [3.63, 3.8) is 0 Å². The molecule has 1 unspecified atom stereocenters. The number of carboxylic acids is 1. The number of benzene rings is 2. The molecule has 3 rings (SSSR count). The number of hydrogen-bond acceptors (Lipinski definition) is 4. The summed E-state index contributed by atoms with van der Waals surface area (Å²) in [7, 11) is 0. The third-order valence-corrected chi connectivity index (χ3v) is 5.11. The summed E-state index contributed by atoms with van der Waals surface area (Å²) in [5, 5.41) is 30.3. The van der Waals surface area contributed by atoms with Crippen LogP contribution in [-0.4, -0.2) is 21.3 Å². The summed E-state index contributed by atoms with van der Waals surface area (Å²) in [5.41, 5.74) is 8.31. The van der Waals surface area contributed by atoms with Gasteiger partial charge in [-0.15, -0.1) is 0 Å². The third-order valence-electron chi connectivity index (χ3n) is 5.11. The van der Waals surface area contributed by atoms with Crippen LogP contribution in [0.15, 0.2) is 36.4 Å². The number of nitrogens with two attached hydrogens (primary N) is 1. The van der Waals surface area contributed by atoms with E-state index in [4.69, 9.17) is 5.73 Å². The van der Waals surface area contributed by atoms with Gasteiger partial charge in [-0.2, -0.15) is 0 Å². The van der Waals surface area contributed by atoms with E-state index in [2.05, 4.69) is 0 Å². The van der Waals surface area contributed by atoms with Gasteiger partial charge in [0.25, 0.3) is 0 Å². The molecule has 0 spiro atoms. The number of nitrogen functional groups attached to an aromatic ring is 1. The first-order valence-electron chi connectivity index (χ1n) is 7.98. The number of fused-ring (bicyclic) bond motifs is 2. The third kappa shape index (κ3) is 2.51. The molecule has 5 nitrogen and oxygen atoms in total. The van der Waals surface area contributed by atoms with E-state index < -0.39 is 17.5 Å². The van der Waals surface area contributed by atoms with Gasteiger partial charge in [-0.3, -0.25) is 4.79 Å². The Hall–Kier alpha value is -2.53. The van der Waals surface area contributed by atoms with Gasteiger partial charge in [-0.05, 0) is 47.2 Å². The predicted molar refractivity (Wildman–Crippen MR) is 90.9 cm³/mol. The fourth-order valence-corrected chi connectivity index (χ4v) is 3.81. The van der Waals surface area contributed by atoms with Gasteiger partial charge in [0.05, 0.1) is 12.1 Å². The van der Waals surface area contributed by atoms with E-state index >= 15 is 0 Å². The van der Waals surface area contributed by atoms with Gasteiger partial charge in [-0.25, -0.2) is 0 Å². The molecule has 126 valence electrons. The normalized spacial score (nSPS) is 22.3. The molecular formula is C19H21NO4. The lowest BCUT2D eigenvalue weighted by molar-refractivity contribution is -0.138. The minimum absolute atomic E-state index is 0.0343. The fraction of sp³-hybridized carbons (Fsp3) is 0.316. The standard InChI is InChI=1S/C19H21NO4/c1-2-19(10-17(22)23)9-11-7-15(20)16(21)8-13(11)18(24)12-5-3-4-6-14(12)19/h3-8,18,21,24H,2,9-10,20H2,1H3,(H,22,23)/t18?,19-/m0/s1. The molecule has 0 bridgehead atoms. The topological polar surface area (TPSA) is 104 Å². The number of phenols is 1. The highest BCUT2D eigenvalue weighted by Crippen LogP contribution is 2.46. The summed E-state index contributed by atoms with van der Waals surface area (Å²) in [5.74, 6) is -0.955. The molecule has 0 aliphatic heterocycles. The van der Waals surface area contributed by atoms with Crippen LogP contribution in [0.2, 0.25) is 0 Å². The molecule has 0 saturated carbocycles. The number of phenolic OH excluding ortho intramolecular Hbond substituents is 1. The molecule has 2 aromatic carbocycles. The van der Waals surface area contributed by atoms with E-state index in [1.165, 1.54) is 6.07 Å².